The maximum atomic E-state index is 12.8. The van der Waals surface area contributed by atoms with E-state index < -0.39 is 12.0 Å². The second-order valence-corrected chi connectivity index (χ2v) is 7.95. The molecule has 1 unspecified atom stereocenters. The zero-order chi connectivity index (χ0) is 24.2. The van der Waals surface area contributed by atoms with Crippen molar-refractivity contribution >= 4 is 17.6 Å². The number of nitrogens with zero attached hydrogens (tertiary/aromatic N) is 4. The van der Waals surface area contributed by atoms with E-state index in [1.165, 1.54) is 17.1 Å². The molecule has 0 saturated carbocycles. The minimum absolute atomic E-state index is 0.0262. The summed E-state index contributed by atoms with van der Waals surface area (Å²) in [5.41, 5.74) is 3.14. The number of anilines is 1. The monoisotopic (exact) mass is 459 g/mol. The Morgan fingerprint density at radius 1 is 1.09 bits per heavy atom. The second kappa shape index (κ2) is 9.62. The van der Waals surface area contributed by atoms with Gasteiger partial charge in [0.1, 0.15) is 17.5 Å². The van der Waals surface area contributed by atoms with Crippen molar-refractivity contribution in [2.75, 3.05) is 5.32 Å². The van der Waals surface area contributed by atoms with Gasteiger partial charge in [-0.1, -0.05) is 30.3 Å². The highest BCUT2D eigenvalue weighted by molar-refractivity contribution is 5.94. The molecule has 0 radical (unpaired) electrons. The number of carbonyl (C=O) groups is 2. The number of aromatic nitrogens is 4. The Kier molecular flexibility index (Phi) is 6.44. The smallest absolute Gasteiger partial charge is 0.338 e. The first-order valence-corrected chi connectivity index (χ1v) is 10.8. The lowest BCUT2D eigenvalue weighted by Gasteiger charge is -2.13. The van der Waals surface area contributed by atoms with Crippen LogP contribution in [0.25, 0.3) is 0 Å². The number of hydrogen-bond donors (Lipinski definition) is 2. The van der Waals surface area contributed by atoms with Gasteiger partial charge in [0.25, 0.3) is 0 Å². The van der Waals surface area contributed by atoms with Crippen molar-refractivity contribution in [1.29, 1.82) is 0 Å². The first-order chi connectivity index (χ1) is 16.3. The summed E-state index contributed by atoms with van der Waals surface area (Å²) in [6.45, 7) is 5.88. The molecule has 2 N–H and O–H groups in total. The third-order valence-electron chi connectivity index (χ3n) is 5.46. The fourth-order valence-electron chi connectivity index (χ4n) is 3.54. The summed E-state index contributed by atoms with van der Waals surface area (Å²) in [5.74, 6) is 0.0826. The molecule has 4 rings (SSSR count). The minimum atomic E-state index is -1.09. The third-order valence-corrected chi connectivity index (χ3v) is 5.46. The lowest BCUT2D eigenvalue weighted by molar-refractivity contribution is -0.119. The van der Waals surface area contributed by atoms with Crippen molar-refractivity contribution in [3.63, 3.8) is 0 Å². The number of ether oxygens (including phenoxy) is 1. The van der Waals surface area contributed by atoms with E-state index in [0.717, 1.165) is 22.8 Å². The van der Waals surface area contributed by atoms with Crippen LogP contribution in [0.15, 0.2) is 67.0 Å². The molecule has 34 heavy (non-hydrogen) atoms. The molecule has 2 aromatic heterocycles. The molecule has 0 fully saturated rings. The summed E-state index contributed by atoms with van der Waals surface area (Å²) < 4.78 is 9.07. The van der Waals surface area contributed by atoms with Crippen LogP contribution in [0.5, 0.6) is 11.5 Å². The average Bonchev–Trinajstić information content (AvgIpc) is 3.41. The molecule has 0 saturated heterocycles. The standard InChI is InChI=1S/C25H25N5O4/c1-16-23(27-24(31)18(3)29-15-20(13-26-29)25(32)33)17(2)30(28-16)14-19-8-7-11-22(12-19)34-21-9-5-4-6-10-21/h4-13,15,18H,14H2,1-3H3,(H,27,31)(H,32,33). The van der Waals surface area contributed by atoms with Crippen molar-refractivity contribution in [3.05, 3.63) is 89.5 Å². The van der Waals surface area contributed by atoms with Gasteiger partial charge in [-0.25, -0.2) is 4.79 Å². The molecule has 0 aliphatic rings. The van der Waals surface area contributed by atoms with Crippen molar-refractivity contribution in [2.45, 2.75) is 33.4 Å². The molecule has 9 heteroatoms. The molecule has 0 spiro atoms. The molecular weight excluding hydrogens is 434 g/mol. The molecule has 1 atom stereocenters. The van der Waals surface area contributed by atoms with E-state index in [-0.39, 0.29) is 11.5 Å². The number of aromatic carboxylic acids is 1. The van der Waals surface area contributed by atoms with E-state index in [1.807, 2.05) is 73.1 Å². The van der Waals surface area contributed by atoms with E-state index in [2.05, 4.69) is 15.5 Å². The number of benzene rings is 2. The van der Waals surface area contributed by atoms with E-state index in [0.29, 0.717) is 17.9 Å². The van der Waals surface area contributed by atoms with Gasteiger partial charge in [-0.3, -0.25) is 14.2 Å². The zero-order valence-electron chi connectivity index (χ0n) is 19.1. The lowest BCUT2D eigenvalue weighted by atomic mass is 10.2. The molecule has 1 amide bonds. The molecule has 2 heterocycles. The molecular formula is C25H25N5O4. The summed E-state index contributed by atoms with van der Waals surface area (Å²) in [6, 6.07) is 16.7. The Labute approximate surface area is 196 Å². The predicted molar refractivity (Wildman–Crippen MR) is 126 cm³/mol. The highest BCUT2D eigenvalue weighted by Gasteiger charge is 2.21. The molecule has 9 nitrogen and oxygen atoms in total. The molecule has 0 aliphatic carbocycles. The summed E-state index contributed by atoms with van der Waals surface area (Å²) in [6.07, 6.45) is 2.55. The summed E-state index contributed by atoms with van der Waals surface area (Å²) in [5, 5.41) is 20.6. The van der Waals surface area contributed by atoms with Gasteiger partial charge in [0.2, 0.25) is 5.91 Å². The maximum absolute atomic E-state index is 12.8. The number of rotatable bonds is 8. The second-order valence-electron chi connectivity index (χ2n) is 7.95. The number of amides is 1. The van der Waals surface area contributed by atoms with Crippen LogP contribution in [0.3, 0.4) is 0 Å². The minimum Gasteiger partial charge on any atom is -0.478 e. The Morgan fingerprint density at radius 2 is 1.82 bits per heavy atom. The first-order valence-electron chi connectivity index (χ1n) is 10.8. The molecule has 2 aromatic carbocycles. The summed E-state index contributed by atoms with van der Waals surface area (Å²) in [4.78, 5) is 23.9. The van der Waals surface area contributed by atoms with Crippen LogP contribution in [0.1, 0.15) is 40.3 Å². The van der Waals surface area contributed by atoms with Gasteiger partial charge in [-0.05, 0) is 50.6 Å². The number of carbonyl (C=O) groups excluding carboxylic acids is 1. The Morgan fingerprint density at radius 3 is 2.53 bits per heavy atom. The number of nitrogens with one attached hydrogen (secondary N) is 1. The highest BCUT2D eigenvalue weighted by Crippen LogP contribution is 2.25. The Balaban J connectivity index is 1.47. The number of carboxylic acids is 1. The van der Waals surface area contributed by atoms with Gasteiger partial charge in [0.05, 0.1) is 35.4 Å². The number of carboxylic acid groups (broad SMARTS) is 1. The fourth-order valence-corrected chi connectivity index (χ4v) is 3.54. The van der Waals surface area contributed by atoms with E-state index in [4.69, 9.17) is 9.84 Å². The van der Waals surface area contributed by atoms with Gasteiger partial charge in [0.15, 0.2) is 0 Å². The fraction of sp³-hybridized carbons (Fsp3) is 0.200. The van der Waals surface area contributed by atoms with Crippen LogP contribution in [-0.2, 0) is 11.3 Å². The van der Waals surface area contributed by atoms with Crippen LogP contribution in [0.2, 0.25) is 0 Å². The normalized spacial score (nSPS) is 11.7. The van der Waals surface area contributed by atoms with Crippen molar-refractivity contribution in [2.24, 2.45) is 0 Å². The van der Waals surface area contributed by atoms with E-state index in [9.17, 15) is 9.59 Å². The maximum Gasteiger partial charge on any atom is 0.338 e. The quantitative estimate of drug-likeness (QED) is 0.403. The first kappa shape index (κ1) is 22.8. The number of hydrogen-bond acceptors (Lipinski definition) is 5. The third kappa shape index (κ3) is 4.98. The average molecular weight is 460 g/mol. The van der Waals surface area contributed by atoms with Gasteiger partial charge >= 0.3 is 5.97 Å². The van der Waals surface area contributed by atoms with Crippen molar-refractivity contribution < 1.29 is 19.4 Å². The topological polar surface area (TPSA) is 111 Å². The van der Waals surface area contributed by atoms with Crippen LogP contribution in [0, 0.1) is 13.8 Å². The summed E-state index contributed by atoms with van der Waals surface area (Å²) in [7, 11) is 0. The van der Waals surface area contributed by atoms with Crippen LogP contribution >= 0.6 is 0 Å². The number of aryl methyl sites for hydroxylation is 1. The molecule has 0 bridgehead atoms. The van der Waals surface area contributed by atoms with Crippen LogP contribution < -0.4 is 10.1 Å². The van der Waals surface area contributed by atoms with Crippen LogP contribution in [-0.4, -0.2) is 36.5 Å². The van der Waals surface area contributed by atoms with Crippen molar-refractivity contribution in [3.8, 4) is 11.5 Å². The van der Waals surface area contributed by atoms with E-state index in [1.54, 1.807) is 6.92 Å². The highest BCUT2D eigenvalue weighted by atomic mass is 16.5. The SMILES string of the molecule is Cc1nn(Cc2cccc(Oc3ccccc3)c2)c(C)c1NC(=O)C(C)n1cc(C(=O)O)cn1. The molecule has 0 aliphatic heterocycles. The zero-order valence-corrected chi connectivity index (χ0v) is 19.1. The Hall–Kier alpha value is -4.40. The largest absolute Gasteiger partial charge is 0.478 e. The van der Waals surface area contributed by atoms with Gasteiger partial charge in [-0.2, -0.15) is 10.2 Å². The van der Waals surface area contributed by atoms with Crippen LogP contribution in [0.4, 0.5) is 5.69 Å². The predicted octanol–water partition coefficient (Wildman–Crippen LogP) is 4.43. The lowest BCUT2D eigenvalue weighted by Crippen LogP contribution is -2.24. The van der Waals surface area contributed by atoms with Gasteiger partial charge in [-0.15, -0.1) is 0 Å². The molecule has 4 aromatic rings. The number of para-hydroxylation sites is 1. The van der Waals surface area contributed by atoms with E-state index >= 15 is 0 Å². The Bertz CT molecular complexity index is 1330. The van der Waals surface area contributed by atoms with Gasteiger partial charge < -0.3 is 15.2 Å². The molecule has 174 valence electrons. The summed E-state index contributed by atoms with van der Waals surface area (Å²) >= 11 is 0. The van der Waals surface area contributed by atoms with Gasteiger partial charge in [0, 0.05) is 6.20 Å². The van der Waals surface area contributed by atoms with Crippen molar-refractivity contribution in [1.82, 2.24) is 19.6 Å².